The Bertz CT molecular complexity index is 1120. The number of aryl methyl sites for hydroxylation is 2. The molecule has 4 rings (SSSR count). The van der Waals surface area contributed by atoms with Crippen LogP contribution in [0.4, 0.5) is 10.0 Å². The third-order valence-corrected chi connectivity index (χ3v) is 8.58. The number of ether oxygens (including phenoxy) is 2. The van der Waals surface area contributed by atoms with Crippen LogP contribution in [0.15, 0.2) is 12.2 Å². The lowest BCUT2D eigenvalue weighted by Crippen LogP contribution is -2.16. The van der Waals surface area contributed by atoms with Crippen LogP contribution in [0.3, 0.4) is 0 Å². The second kappa shape index (κ2) is 11.8. The average molecular weight is 531 g/mol. The summed E-state index contributed by atoms with van der Waals surface area (Å²) in [7, 11) is 0. The summed E-state index contributed by atoms with van der Waals surface area (Å²) in [4.78, 5) is 52.6. The number of hydrogen-bond acceptors (Lipinski definition) is 8. The van der Waals surface area contributed by atoms with Crippen LogP contribution in [0.1, 0.15) is 81.1 Å². The third kappa shape index (κ3) is 5.70. The van der Waals surface area contributed by atoms with Gasteiger partial charge in [-0.05, 0) is 76.3 Å². The fourth-order valence-corrected chi connectivity index (χ4v) is 7.17. The highest BCUT2D eigenvalue weighted by Crippen LogP contribution is 2.39. The Labute approximate surface area is 218 Å². The van der Waals surface area contributed by atoms with Gasteiger partial charge in [0.2, 0.25) is 11.8 Å². The summed E-state index contributed by atoms with van der Waals surface area (Å²) in [5, 5.41) is 6.41. The van der Waals surface area contributed by atoms with Crippen LogP contribution >= 0.6 is 22.7 Å². The van der Waals surface area contributed by atoms with Crippen molar-refractivity contribution in [2.75, 3.05) is 23.8 Å². The number of nitrogens with one attached hydrogen (secondary N) is 2. The van der Waals surface area contributed by atoms with Gasteiger partial charge >= 0.3 is 11.9 Å². The number of fused-ring (bicyclic) bond motifs is 2. The summed E-state index contributed by atoms with van der Waals surface area (Å²) < 4.78 is 10.4. The molecule has 0 radical (unpaired) electrons. The topological polar surface area (TPSA) is 111 Å². The van der Waals surface area contributed by atoms with Crippen LogP contribution in [-0.4, -0.2) is 37.0 Å². The molecule has 0 bridgehead atoms. The summed E-state index contributed by atoms with van der Waals surface area (Å²) in [5.74, 6) is -1.93. The summed E-state index contributed by atoms with van der Waals surface area (Å²) in [5.41, 5.74) is 2.75. The first-order chi connectivity index (χ1) is 17.4. The van der Waals surface area contributed by atoms with Crippen molar-refractivity contribution in [3.63, 3.8) is 0 Å². The maximum Gasteiger partial charge on any atom is 0.341 e. The van der Waals surface area contributed by atoms with E-state index >= 15 is 0 Å². The van der Waals surface area contributed by atoms with Gasteiger partial charge in [0.1, 0.15) is 10.0 Å². The van der Waals surface area contributed by atoms with E-state index in [0.29, 0.717) is 21.1 Å². The van der Waals surface area contributed by atoms with Gasteiger partial charge in [0.25, 0.3) is 0 Å². The van der Waals surface area contributed by atoms with Crippen LogP contribution in [0, 0.1) is 0 Å². The second-order valence-corrected chi connectivity index (χ2v) is 10.8. The van der Waals surface area contributed by atoms with Crippen LogP contribution in [0.2, 0.25) is 0 Å². The minimum absolute atomic E-state index is 0.247. The molecule has 36 heavy (non-hydrogen) atoms. The monoisotopic (exact) mass is 530 g/mol. The van der Waals surface area contributed by atoms with E-state index in [2.05, 4.69) is 10.6 Å². The third-order valence-electron chi connectivity index (χ3n) is 6.16. The summed E-state index contributed by atoms with van der Waals surface area (Å²) in [6.45, 7) is 3.98. The predicted molar refractivity (Wildman–Crippen MR) is 140 cm³/mol. The van der Waals surface area contributed by atoms with Crippen LogP contribution in [0.5, 0.6) is 0 Å². The maximum absolute atomic E-state index is 12.6. The second-order valence-electron chi connectivity index (χ2n) is 8.58. The van der Waals surface area contributed by atoms with Gasteiger partial charge in [0, 0.05) is 21.9 Å². The molecule has 0 aliphatic heterocycles. The van der Waals surface area contributed by atoms with E-state index in [1.165, 1.54) is 22.7 Å². The molecule has 8 nitrogen and oxygen atoms in total. The molecule has 2 heterocycles. The largest absolute Gasteiger partial charge is 0.462 e. The minimum atomic E-state index is -0.523. The van der Waals surface area contributed by atoms with Gasteiger partial charge in [-0.15, -0.1) is 22.7 Å². The molecule has 0 fully saturated rings. The normalized spacial score (nSPS) is 14.6. The van der Waals surface area contributed by atoms with Crippen LogP contribution in [0.25, 0.3) is 0 Å². The molecule has 2 aromatic heterocycles. The average Bonchev–Trinajstić information content (AvgIpc) is 3.40. The summed E-state index contributed by atoms with van der Waals surface area (Å²) in [6, 6.07) is 0. The minimum Gasteiger partial charge on any atom is -0.462 e. The Morgan fingerprint density at radius 3 is 1.47 bits per heavy atom. The Kier molecular flexibility index (Phi) is 8.58. The molecular weight excluding hydrogens is 500 g/mol. The van der Waals surface area contributed by atoms with Crippen molar-refractivity contribution in [1.82, 2.24) is 0 Å². The molecule has 0 unspecified atom stereocenters. The fourth-order valence-electron chi connectivity index (χ4n) is 4.60. The highest BCUT2D eigenvalue weighted by molar-refractivity contribution is 7.17. The molecule has 0 spiro atoms. The van der Waals surface area contributed by atoms with Crippen molar-refractivity contribution < 1.29 is 28.7 Å². The van der Waals surface area contributed by atoms with Gasteiger partial charge in [-0.3, -0.25) is 9.59 Å². The lowest BCUT2D eigenvalue weighted by molar-refractivity contribution is -0.114. The van der Waals surface area contributed by atoms with Crippen molar-refractivity contribution in [2.45, 2.75) is 65.2 Å². The number of anilines is 2. The van der Waals surface area contributed by atoms with E-state index in [-0.39, 0.29) is 13.2 Å². The number of esters is 2. The quantitative estimate of drug-likeness (QED) is 0.365. The zero-order valence-corrected chi connectivity index (χ0v) is 22.1. The smallest absolute Gasteiger partial charge is 0.341 e. The van der Waals surface area contributed by atoms with E-state index in [1.807, 2.05) is 0 Å². The molecule has 0 atom stereocenters. The van der Waals surface area contributed by atoms with E-state index in [0.717, 1.165) is 84.4 Å². The zero-order valence-electron chi connectivity index (χ0n) is 20.5. The van der Waals surface area contributed by atoms with Crippen LogP contribution < -0.4 is 10.6 Å². The van der Waals surface area contributed by atoms with E-state index in [9.17, 15) is 19.2 Å². The molecular formula is C26H30N2O6S2. The Balaban J connectivity index is 1.47. The van der Waals surface area contributed by atoms with Gasteiger partial charge in [-0.2, -0.15) is 0 Å². The molecule has 192 valence electrons. The number of thiophene rings is 2. The Hall–Kier alpha value is -2.98. The molecule has 0 saturated carbocycles. The first-order valence-corrected chi connectivity index (χ1v) is 14.0. The zero-order chi connectivity index (χ0) is 25.7. The predicted octanol–water partition coefficient (Wildman–Crippen LogP) is 5.05. The molecule has 2 aliphatic carbocycles. The van der Waals surface area contributed by atoms with Gasteiger partial charge in [-0.25, -0.2) is 9.59 Å². The molecule has 10 heteroatoms. The fraction of sp³-hybridized carbons (Fsp3) is 0.462. The van der Waals surface area contributed by atoms with Crippen LogP contribution in [-0.2, 0) is 44.7 Å². The number of hydrogen-bond donors (Lipinski definition) is 2. The first kappa shape index (κ1) is 26.1. The number of carbonyl (C=O) groups is 4. The van der Waals surface area contributed by atoms with Crippen molar-refractivity contribution in [3.8, 4) is 0 Å². The molecule has 2 aromatic rings. The molecule has 2 N–H and O–H groups in total. The standard InChI is InChI=1S/C26H30N2O6S2/c1-3-33-25(31)21-15-9-5-7-11-17(15)35-23(21)27-19(29)13-14-20(30)28-24-22(26(32)34-4-2)16-10-6-8-12-18(16)36-24/h13-14H,3-12H2,1-2H3,(H,27,29)(H,28,30). The van der Waals surface area contributed by atoms with Gasteiger partial charge in [0.15, 0.2) is 0 Å². The Morgan fingerprint density at radius 2 is 1.08 bits per heavy atom. The summed E-state index contributed by atoms with van der Waals surface area (Å²) >= 11 is 2.78. The SMILES string of the molecule is CCOC(=O)c1c(NC(=O)C=CC(=O)Nc2sc3c(c2C(=O)OCC)CCCC3)sc2c1CCCC2. The highest BCUT2D eigenvalue weighted by Gasteiger charge is 2.28. The van der Waals surface area contributed by atoms with Gasteiger partial charge in [-0.1, -0.05) is 0 Å². The highest BCUT2D eigenvalue weighted by atomic mass is 32.1. The lowest BCUT2D eigenvalue weighted by Gasteiger charge is -2.12. The number of carbonyl (C=O) groups excluding carboxylic acids is 4. The van der Waals surface area contributed by atoms with E-state index in [4.69, 9.17) is 9.47 Å². The first-order valence-electron chi connectivity index (χ1n) is 12.4. The molecule has 2 aliphatic rings. The Morgan fingerprint density at radius 1 is 0.694 bits per heavy atom. The van der Waals surface area contributed by atoms with Gasteiger partial charge < -0.3 is 20.1 Å². The van der Waals surface area contributed by atoms with Crippen molar-refractivity contribution in [3.05, 3.63) is 44.2 Å². The van der Waals surface area contributed by atoms with Crippen molar-refractivity contribution >= 4 is 56.4 Å². The molecule has 0 aromatic carbocycles. The molecule has 0 saturated heterocycles. The van der Waals surface area contributed by atoms with Crippen molar-refractivity contribution in [2.24, 2.45) is 0 Å². The van der Waals surface area contributed by atoms with E-state index in [1.54, 1.807) is 13.8 Å². The van der Waals surface area contributed by atoms with E-state index < -0.39 is 23.8 Å². The van der Waals surface area contributed by atoms with Gasteiger partial charge in [0.05, 0.1) is 24.3 Å². The molecule has 2 amide bonds. The lowest BCUT2D eigenvalue weighted by atomic mass is 9.95. The van der Waals surface area contributed by atoms with Crippen molar-refractivity contribution in [1.29, 1.82) is 0 Å². The summed E-state index contributed by atoms with van der Waals surface area (Å²) in [6.07, 6.45) is 9.62. The maximum atomic E-state index is 12.6. The number of rotatable bonds is 8. The number of amides is 2.